The van der Waals surface area contributed by atoms with Gasteiger partial charge in [0.2, 0.25) is 17.8 Å². The van der Waals surface area contributed by atoms with Crippen LogP contribution in [0.4, 0.5) is 5.95 Å². The maximum Gasteiger partial charge on any atom is 0.249 e. The van der Waals surface area contributed by atoms with Crippen LogP contribution in [-0.2, 0) is 14.3 Å². The lowest BCUT2D eigenvalue weighted by atomic mass is 10.2. The second-order valence-corrected chi connectivity index (χ2v) is 7.69. The number of nitrogens with zero attached hydrogens (tertiary/aromatic N) is 3. The highest BCUT2D eigenvalue weighted by atomic mass is 35.5. The van der Waals surface area contributed by atoms with Gasteiger partial charge in [-0.3, -0.25) is 19.5 Å². The first-order valence-electron chi connectivity index (χ1n) is 10.5. The maximum absolute atomic E-state index is 12.8. The largest absolute Gasteiger partial charge is 0.493 e. The summed E-state index contributed by atoms with van der Waals surface area (Å²) < 4.78 is 17.4. The van der Waals surface area contributed by atoms with Crippen LogP contribution in [0.2, 0.25) is 5.02 Å². The first kappa shape index (κ1) is 25.1. The van der Waals surface area contributed by atoms with Crippen molar-refractivity contribution in [2.45, 2.75) is 6.92 Å². The minimum absolute atomic E-state index is 0.0951. The van der Waals surface area contributed by atoms with Crippen LogP contribution in [0.1, 0.15) is 6.92 Å². The summed E-state index contributed by atoms with van der Waals surface area (Å²) in [6.07, 6.45) is 1.80. The Morgan fingerprint density at radius 3 is 2.38 bits per heavy atom. The molecule has 10 heteroatoms. The summed E-state index contributed by atoms with van der Waals surface area (Å²) in [6, 6.07) is 12.6. The van der Waals surface area contributed by atoms with Gasteiger partial charge in [0.05, 0.1) is 25.6 Å². The molecule has 180 valence electrons. The number of rotatable bonds is 10. The van der Waals surface area contributed by atoms with Crippen molar-refractivity contribution in [3.05, 3.63) is 53.7 Å². The average Bonchev–Trinajstić information content (AvgIpc) is 3.26. The van der Waals surface area contributed by atoms with E-state index in [1.807, 2.05) is 18.2 Å². The van der Waals surface area contributed by atoms with E-state index in [0.717, 1.165) is 5.56 Å². The molecule has 0 radical (unpaired) electrons. The molecular formula is C24H27ClN4O5. The summed E-state index contributed by atoms with van der Waals surface area (Å²) >= 11 is 6.02. The maximum atomic E-state index is 12.8. The number of imidazole rings is 1. The van der Waals surface area contributed by atoms with E-state index in [9.17, 15) is 9.59 Å². The minimum atomic E-state index is -0.388. The van der Waals surface area contributed by atoms with Gasteiger partial charge in [0.25, 0.3) is 0 Å². The van der Waals surface area contributed by atoms with E-state index in [1.54, 1.807) is 56.2 Å². The van der Waals surface area contributed by atoms with Gasteiger partial charge in [0.1, 0.15) is 13.2 Å². The van der Waals surface area contributed by atoms with Crippen molar-refractivity contribution in [1.29, 1.82) is 0 Å². The summed E-state index contributed by atoms with van der Waals surface area (Å²) in [6.45, 7) is 1.94. The third kappa shape index (κ3) is 5.86. The number of hydrogen-bond acceptors (Lipinski definition) is 6. The number of amides is 2. The lowest BCUT2D eigenvalue weighted by molar-refractivity contribution is -0.137. The van der Waals surface area contributed by atoms with Crippen LogP contribution < -0.4 is 14.8 Å². The topological polar surface area (TPSA) is 94.9 Å². The summed E-state index contributed by atoms with van der Waals surface area (Å²) in [7, 11) is 4.54. The van der Waals surface area contributed by atoms with Gasteiger partial charge in [-0.15, -0.1) is 0 Å². The summed E-state index contributed by atoms with van der Waals surface area (Å²) in [5.41, 5.74) is 2.15. The zero-order valence-corrected chi connectivity index (χ0v) is 20.3. The van der Waals surface area contributed by atoms with Gasteiger partial charge in [-0.05, 0) is 31.2 Å². The highest BCUT2D eigenvalue weighted by Gasteiger charge is 2.19. The minimum Gasteiger partial charge on any atom is -0.493 e. The molecule has 1 heterocycles. The fraction of sp³-hybridized carbons (Fsp3) is 0.292. The second kappa shape index (κ2) is 11.5. The molecule has 0 aliphatic carbocycles. The molecule has 2 amide bonds. The number of anilines is 1. The van der Waals surface area contributed by atoms with Crippen LogP contribution in [0.25, 0.3) is 16.9 Å². The summed E-state index contributed by atoms with van der Waals surface area (Å²) in [5, 5.41) is 3.43. The first-order chi connectivity index (χ1) is 16.4. The normalized spacial score (nSPS) is 10.6. The molecule has 34 heavy (non-hydrogen) atoms. The van der Waals surface area contributed by atoms with E-state index in [1.165, 1.54) is 12.0 Å². The Hall–Kier alpha value is -3.56. The number of likely N-dealkylation sites (N-methyl/N-ethyl adjacent to an activating group) is 1. The molecule has 0 bridgehead atoms. The number of carbonyl (C=O) groups excluding carboxylic acids is 2. The van der Waals surface area contributed by atoms with Gasteiger partial charge in [-0.25, -0.2) is 4.98 Å². The van der Waals surface area contributed by atoms with Crippen LogP contribution in [0.3, 0.4) is 0 Å². The van der Waals surface area contributed by atoms with E-state index in [4.69, 9.17) is 25.8 Å². The fourth-order valence-corrected chi connectivity index (χ4v) is 3.45. The van der Waals surface area contributed by atoms with E-state index >= 15 is 0 Å². The van der Waals surface area contributed by atoms with E-state index in [2.05, 4.69) is 10.3 Å². The van der Waals surface area contributed by atoms with Crippen molar-refractivity contribution in [3.8, 4) is 28.4 Å². The molecule has 0 atom stereocenters. The van der Waals surface area contributed by atoms with Gasteiger partial charge >= 0.3 is 0 Å². The Bertz CT molecular complexity index is 1150. The predicted octanol–water partition coefficient (Wildman–Crippen LogP) is 3.64. The molecule has 3 rings (SSSR count). The fourth-order valence-electron chi connectivity index (χ4n) is 3.33. The molecule has 0 aliphatic heterocycles. The number of nitrogens with one attached hydrogen (secondary N) is 1. The number of benzene rings is 2. The molecule has 3 aromatic rings. The highest BCUT2D eigenvalue weighted by Crippen LogP contribution is 2.32. The van der Waals surface area contributed by atoms with Crippen molar-refractivity contribution in [2.24, 2.45) is 0 Å². The van der Waals surface area contributed by atoms with Crippen LogP contribution in [0, 0.1) is 0 Å². The van der Waals surface area contributed by atoms with E-state index < -0.39 is 0 Å². The van der Waals surface area contributed by atoms with Crippen molar-refractivity contribution < 1.29 is 23.8 Å². The van der Waals surface area contributed by atoms with Crippen LogP contribution in [0.5, 0.6) is 11.5 Å². The van der Waals surface area contributed by atoms with E-state index in [-0.39, 0.29) is 30.9 Å². The summed E-state index contributed by atoms with van der Waals surface area (Å²) in [5.74, 6) is 0.732. The van der Waals surface area contributed by atoms with Crippen LogP contribution >= 0.6 is 11.6 Å². The van der Waals surface area contributed by atoms with Crippen LogP contribution in [-0.4, -0.2) is 67.3 Å². The van der Waals surface area contributed by atoms with Gasteiger partial charge in [-0.2, -0.15) is 0 Å². The van der Waals surface area contributed by atoms with Gasteiger partial charge < -0.3 is 19.1 Å². The van der Waals surface area contributed by atoms with Crippen molar-refractivity contribution in [1.82, 2.24) is 14.5 Å². The van der Waals surface area contributed by atoms with Gasteiger partial charge in [0, 0.05) is 36.5 Å². The Balaban J connectivity index is 1.97. The molecule has 0 fully saturated rings. The molecule has 0 aliphatic rings. The third-order valence-electron chi connectivity index (χ3n) is 5.08. The Morgan fingerprint density at radius 1 is 1.06 bits per heavy atom. The number of methoxy groups -OCH3 is 3. The highest BCUT2D eigenvalue weighted by molar-refractivity contribution is 6.30. The molecule has 1 N–H and O–H groups in total. The number of hydrogen-bond donors (Lipinski definition) is 1. The number of halogens is 1. The molecule has 1 aromatic heterocycles. The number of aromatic nitrogens is 2. The van der Waals surface area contributed by atoms with Crippen LogP contribution in [0.15, 0.2) is 48.7 Å². The molecular weight excluding hydrogens is 460 g/mol. The molecule has 0 unspecified atom stereocenters. The van der Waals surface area contributed by atoms with Gasteiger partial charge in [0.15, 0.2) is 11.5 Å². The van der Waals surface area contributed by atoms with Crippen molar-refractivity contribution >= 4 is 29.4 Å². The van der Waals surface area contributed by atoms with E-state index in [0.29, 0.717) is 34.4 Å². The predicted molar refractivity (Wildman–Crippen MR) is 130 cm³/mol. The third-order valence-corrected chi connectivity index (χ3v) is 5.33. The Kier molecular flexibility index (Phi) is 8.50. The molecule has 0 saturated heterocycles. The quantitative estimate of drug-likeness (QED) is 0.470. The lowest BCUT2D eigenvalue weighted by Gasteiger charge is -2.20. The smallest absolute Gasteiger partial charge is 0.249 e. The number of ether oxygens (including phenoxy) is 3. The average molecular weight is 487 g/mol. The molecule has 0 spiro atoms. The molecule has 9 nitrogen and oxygen atoms in total. The van der Waals surface area contributed by atoms with Crippen molar-refractivity contribution in [2.75, 3.05) is 46.3 Å². The first-order valence-corrected chi connectivity index (χ1v) is 10.9. The zero-order chi connectivity index (χ0) is 24.7. The number of carbonyl (C=O) groups is 2. The molecule has 2 aromatic carbocycles. The van der Waals surface area contributed by atoms with Crippen molar-refractivity contribution in [3.63, 3.8) is 0 Å². The van der Waals surface area contributed by atoms with Gasteiger partial charge in [-0.1, -0.05) is 23.7 Å². The Morgan fingerprint density at radius 2 is 1.76 bits per heavy atom. The summed E-state index contributed by atoms with van der Waals surface area (Å²) in [4.78, 5) is 31.0. The Labute approximate surface area is 203 Å². The standard InChI is InChI=1S/C24H27ClN4O5/c1-5-28(23(31)15-32-2)14-22(30)27-24-26-19(16-6-8-17(25)9-7-16)13-29(24)18-10-11-20(33-3)21(12-18)34-4/h6-13H,5,14-15H2,1-4H3,(H,26,27,30). The second-order valence-electron chi connectivity index (χ2n) is 7.26. The SMILES string of the molecule is CCN(CC(=O)Nc1nc(-c2ccc(Cl)cc2)cn1-c1ccc(OC)c(OC)c1)C(=O)COC. The monoisotopic (exact) mass is 486 g/mol. The zero-order valence-electron chi connectivity index (χ0n) is 19.5. The molecule has 0 saturated carbocycles. The lowest BCUT2D eigenvalue weighted by Crippen LogP contribution is -2.39.